The van der Waals surface area contributed by atoms with E-state index in [4.69, 9.17) is 5.73 Å². The van der Waals surface area contributed by atoms with Crippen LogP contribution in [0.15, 0.2) is 21.6 Å². The van der Waals surface area contributed by atoms with Crippen LogP contribution >= 0.6 is 15.9 Å². The summed E-state index contributed by atoms with van der Waals surface area (Å²) in [4.78, 5) is 5.92. The van der Waals surface area contributed by atoms with Crippen molar-refractivity contribution in [1.29, 1.82) is 0 Å². The maximum absolute atomic E-state index is 12.8. The molecule has 0 aliphatic rings. The van der Waals surface area contributed by atoms with Crippen molar-refractivity contribution < 1.29 is 8.42 Å². The standard InChI is InChI=1S/C13H23BrN4O2S/c1-10(2)9-18(6-5-17(3)4)21(19,20)12-7-11(14)8-16-13(12)15/h7-8,10H,5-6,9H2,1-4H3,(H2,15,16). The number of nitrogen functional groups attached to an aromatic ring is 1. The Morgan fingerprint density at radius 3 is 2.48 bits per heavy atom. The van der Waals surface area contributed by atoms with Gasteiger partial charge in [0.2, 0.25) is 10.0 Å². The Morgan fingerprint density at radius 1 is 1.33 bits per heavy atom. The van der Waals surface area contributed by atoms with Crippen molar-refractivity contribution in [3.63, 3.8) is 0 Å². The minimum Gasteiger partial charge on any atom is -0.383 e. The SMILES string of the molecule is CC(C)CN(CCN(C)C)S(=O)(=O)c1cc(Br)cnc1N. The lowest BCUT2D eigenvalue weighted by Crippen LogP contribution is -2.39. The number of likely N-dealkylation sites (N-methyl/N-ethyl adjacent to an activating group) is 1. The summed E-state index contributed by atoms with van der Waals surface area (Å²) in [5.41, 5.74) is 5.75. The zero-order valence-electron chi connectivity index (χ0n) is 12.9. The van der Waals surface area contributed by atoms with E-state index in [1.807, 2.05) is 32.8 Å². The quantitative estimate of drug-likeness (QED) is 0.779. The van der Waals surface area contributed by atoms with Gasteiger partial charge in [0.25, 0.3) is 0 Å². The summed E-state index contributed by atoms with van der Waals surface area (Å²) < 4.78 is 27.7. The number of halogens is 1. The number of sulfonamides is 1. The molecule has 0 saturated heterocycles. The molecule has 2 N–H and O–H groups in total. The molecule has 0 saturated carbocycles. The fourth-order valence-corrected chi connectivity index (χ4v) is 3.98. The number of hydrogen-bond donors (Lipinski definition) is 1. The molecule has 21 heavy (non-hydrogen) atoms. The number of hydrogen-bond acceptors (Lipinski definition) is 5. The molecule has 0 radical (unpaired) electrons. The smallest absolute Gasteiger partial charge is 0.246 e. The molecule has 1 rings (SSSR count). The minimum atomic E-state index is -3.66. The highest BCUT2D eigenvalue weighted by Gasteiger charge is 2.27. The average Bonchev–Trinajstić information content (AvgIpc) is 2.36. The molecule has 1 heterocycles. The van der Waals surface area contributed by atoms with E-state index in [9.17, 15) is 8.42 Å². The van der Waals surface area contributed by atoms with Crippen molar-refractivity contribution in [3.05, 3.63) is 16.7 Å². The molecule has 0 amide bonds. The highest BCUT2D eigenvalue weighted by Crippen LogP contribution is 2.24. The van der Waals surface area contributed by atoms with Crippen LogP contribution in [-0.2, 0) is 10.0 Å². The molecule has 0 atom stereocenters. The molecule has 0 aromatic carbocycles. The maximum Gasteiger partial charge on any atom is 0.246 e. The number of anilines is 1. The molecule has 120 valence electrons. The summed E-state index contributed by atoms with van der Waals surface area (Å²) in [6.07, 6.45) is 1.49. The summed E-state index contributed by atoms with van der Waals surface area (Å²) in [7, 11) is 0.168. The summed E-state index contributed by atoms with van der Waals surface area (Å²) in [6, 6.07) is 1.50. The first-order valence-electron chi connectivity index (χ1n) is 6.70. The van der Waals surface area contributed by atoms with Crippen LogP contribution in [0.1, 0.15) is 13.8 Å². The predicted octanol–water partition coefficient (Wildman–Crippen LogP) is 1.63. The van der Waals surface area contributed by atoms with Crippen LogP contribution in [0.2, 0.25) is 0 Å². The summed E-state index contributed by atoms with van der Waals surface area (Å²) >= 11 is 3.24. The van der Waals surface area contributed by atoms with Gasteiger partial charge < -0.3 is 10.6 Å². The number of pyridine rings is 1. The van der Waals surface area contributed by atoms with E-state index in [1.165, 1.54) is 16.6 Å². The second-order valence-electron chi connectivity index (χ2n) is 5.60. The van der Waals surface area contributed by atoms with E-state index >= 15 is 0 Å². The van der Waals surface area contributed by atoms with Crippen LogP contribution in [-0.4, -0.2) is 56.3 Å². The van der Waals surface area contributed by atoms with Crippen molar-refractivity contribution in [1.82, 2.24) is 14.2 Å². The first-order chi connectivity index (χ1) is 9.64. The van der Waals surface area contributed by atoms with Crippen molar-refractivity contribution in [2.75, 3.05) is 39.5 Å². The molecule has 0 unspecified atom stereocenters. The Kier molecular flexibility index (Phi) is 6.58. The topological polar surface area (TPSA) is 79.5 Å². The lowest BCUT2D eigenvalue weighted by Gasteiger charge is -2.25. The van der Waals surface area contributed by atoms with Gasteiger partial charge in [0.1, 0.15) is 10.7 Å². The summed E-state index contributed by atoms with van der Waals surface area (Å²) in [5.74, 6) is 0.250. The molecule has 0 spiro atoms. The highest BCUT2D eigenvalue weighted by atomic mass is 79.9. The van der Waals surface area contributed by atoms with Gasteiger partial charge in [-0.1, -0.05) is 13.8 Å². The van der Waals surface area contributed by atoms with Gasteiger partial charge in [0.15, 0.2) is 0 Å². The van der Waals surface area contributed by atoms with E-state index in [1.54, 1.807) is 0 Å². The maximum atomic E-state index is 12.8. The molecule has 0 bridgehead atoms. The van der Waals surface area contributed by atoms with E-state index in [0.29, 0.717) is 24.1 Å². The molecule has 0 fully saturated rings. The minimum absolute atomic E-state index is 0.0248. The molecule has 6 nitrogen and oxygen atoms in total. The first-order valence-corrected chi connectivity index (χ1v) is 8.93. The Hall–Kier alpha value is -0.700. The van der Waals surface area contributed by atoms with Crippen LogP contribution in [0.3, 0.4) is 0 Å². The second kappa shape index (κ2) is 7.53. The lowest BCUT2D eigenvalue weighted by atomic mass is 10.2. The van der Waals surface area contributed by atoms with Gasteiger partial charge in [-0.05, 0) is 42.0 Å². The first kappa shape index (κ1) is 18.3. The van der Waals surface area contributed by atoms with Crippen molar-refractivity contribution in [2.45, 2.75) is 18.7 Å². The van der Waals surface area contributed by atoms with E-state index in [-0.39, 0.29) is 16.6 Å². The normalized spacial score (nSPS) is 12.6. The van der Waals surface area contributed by atoms with Gasteiger partial charge in [0, 0.05) is 30.3 Å². The Labute approximate surface area is 135 Å². The van der Waals surface area contributed by atoms with E-state index in [2.05, 4.69) is 20.9 Å². The zero-order valence-corrected chi connectivity index (χ0v) is 15.3. The van der Waals surface area contributed by atoms with Crippen molar-refractivity contribution in [2.24, 2.45) is 5.92 Å². The molecule has 0 aliphatic carbocycles. The monoisotopic (exact) mass is 378 g/mol. The molecule has 0 aliphatic heterocycles. The lowest BCUT2D eigenvalue weighted by molar-refractivity contribution is 0.312. The van der Waals surface area contributed by atoms with Gasteiger partial charge in [0.05, 0.1) is 0 Å². The molecule has 1 aromatic rings. The van der Waals surface area contributed by atoms with Crippen molar-refractivity contribution in [3.8, 4) is 0 Å². The van der Waals surface area contributed by atoms with E-state index < -0.39 is 10.0 Å². The van der Waals surface area contributed by atoms with Crippen LogP contribution < -0.4 is 5.73 Å². The van der Waals surface area contributed by atoms with Crippen LogP contribution in [0, 0.1) is 5.92 Å². The number of aromatic nitrogens is 1. The van der Waals surface area contributed by atoms with Gasteiger partial charge in [-0.25, -0.2) is 13.4 Å². The average molecular weight is 379 g/mol. The Bertz CT molecular complexity index is 576. The molecular weight excluding hydrogens is 356 g/mol. The van der Waals surface area contributed by atoms with E-state index in [0.717, 1.165) is 0 Å². The summed E-state index contributed by atoms with van der Waals surface area (Å²) in [5, 5.41) is 0. The van der Waals surface area contributed by atoms with Gasteiger partial charge >= 0.3 is 0 Å². The third-order valence-electron chi connectivity index (χ3n) is 2.83. The number of rotatable bonds is 7. The van der Waals surface area contributed by atoms with Gasteiger partial charge in [-0.15, -0.1) is 0 Å². The zero-order chi connectivity index (χ0) is 16.2. The third kappa shape index (κ3) is 5.21. The second-order valence-corrected chi connectivity index (χ2v) is 8.42. The Morgan fingerprint density at radius 2 is 1.95 bits per heavy atom. The number of nitrogens with zero attached hydrogens (tertiary/aromatic N) is 3. The largest absolute Gasteiger partial charge is 0.383 e. The van der Waals surface area contributed by atoms with Gasteiger partial charge in [-0.3, -0.25) is 0 Å². The highest BCUT2D eigenvalue weighted by molar-refractivity contribution is 9.10. The third-order valence-corrected chi connectivity index (χ3v) is 5.16. The van der Waals surface area contributed by atoms with Crippen LogP contribution in [0.5, 0.6) is 0 Å². The van der Waals surface area contributed by atoms with Gasteiger partial charge in [-0.2, -0.15) is 4.31 Å². The molecular formula is C13H23BrN4O2S. The Balaban J connectivity index is 3.16. The fraction of sp³-hybridized carbons (Fsp3) is 0.615. The van der Waals surface area contributed by atoms with Crippen LogP contribution in [0.25, 0.3) is 0 Å². The number of nitrogens with two attached hydrogens (primary N) is 1. The molecule has 1 aromatic heterocycles. The predicted molar refractivity (Wildman–Crippen MR) is 88.5 cm³/mol. The fourth-order valence-electron chi connectivity index (χ4n) is 1.81. The molecule has 8 heteroatoms. The van der Waals surface area contributed by atoms with Crippen molar-refractivity contribution >= 4 is 31.8 Å². The summed E-state index contributed by atoms with van der Waals surface area (Å²) in [6.45, 7) is 5.48. The van der Waals surface area contributed by atoms with Crippen LogP contribution in [0.4, 0.5) is 5.82 Å².